The summed E-state index contributed by atoms with van der Waals surface area (Å²) in [6.45, 7) is 7.29. The number of rotatable bonds is 6. The summed E-state index contributed by atoms with van der Waals surface area (Å²) in [6.07, 6.45) is 3.59. The zero-order valence-corrected chi connectivity index (χ0v) is 15.4. The van der Waals surface area contributed by atoms with Crippen molar-refractivity contribution >= 4 is 27.0 Å². The van der Waals surface area contributed by atoms with Gasteiger partial charge in [0.1, 0.15) is 10.6 Å². The first-order chi connectivity index (χ1) is 11.8. The van der Waals surface area contributed by atoms with E-state index in [-0.39, 0.29) is 22.5 Å². The molecule has 0 saturated heterocycles. The Bertz CT molecular complexity index is 854. The van der Waals surface area contributed by atoms with Gasteiger partial charge in [0.2, 0.25) is 5.91 Å². The Morgan fingerprint density at radius 2 is 2.20 bits per heavy atom. The molecule has 1 aromatic carbocycles. The lowest BCUT2D eigenvalue weighted by molar-refractivity contribution is -0.121. The van der Waals surface area contributed by atoms with Crippen LogP contribution in [0, 0.1) is 5.92 Å². The largest absolute Gasteiger partial charge is 0.495 e. The topological polar surface area (TPSA) is 84.8 Å². The van der Waals surface area contributed by atoms with Gasteiger partial charge in [-0.1, -0.05) is 19.1 Å². The molecule has 0 radical (unpaired) electrons. The number of hydrogen-bond donors (Lipinski definition) is 1. The highest BCUT2D eigenvalue weighted by molar-refractivity contribution is 7.91. The van der Waals surface area contributed by atoms with E-state index in [0.717, 1.165) is 16.8 Å². The highest BCUT2D eigenvalue weighted by Gasteiger charge is 2.21. The van der Waals surface area contributed by atoms with Crippen LogP contribution < -0.4 is 10.2 Å². The minimum absolute atomic E-state index is 0.00548. The molecule has 0 saturated carbocycles. The number of hydrogen-bond acceptors (Lipinski definition) is 5. The molecule has 1 N–H and O–H groups in total. The number of nitrogens with zero attached hydrogens (tertiary/aromatic N) is 1. The Labute approximate surface area is 148 Å². The maximum Gasteiger partial charge on any atom is 0.240 e. The minimum Gasteiger partial charge on any atom is -0.495 e. The van der Waals surface area contributed by atoms with Crippen molar-refractivity contribution in [3.05, 3.63) is 42.5 Å². The van der Waals surface area contributed by atoms with Crippen LogP contribution in [-0.4, -0.2) is 32.9 Å². The third-order valence-electron chi connectivity index (χ3n) is 3.96. The summed E-state index contributed by atoms with van der Waals surface area (Å²) in [5.41, 5.74) is 4.81. The molecule has 1 aliphatic rings. The van der Waals surface area contributed by atoms with Gasteiger partial charge in [-0.05, 0) is 36.3 Å². The Hall–Kier alpha value is -2.41. The molecule has 7 heteroatoms. The molecule has 6 nitrogen and oxygen atoms in total. The molecule has 134 valence electrons. The molecule has 1 unspecified atom stereocenters. The van der Waals surface area contributed by atoms with Crippen LogP contribution in [0.5, 0.6) is 5.75 Å². The molecule has 0 aromatic heterocycles. The van der Waals surface area contributed by atoms with Gasteiger partial charge in [-0.3, -0.25) is 4.79 Å². The van der Waals surface area contributed by atoms with Gasteiger partial charge in [-0.25, -0.2) is 13.8 Å². The predicted molar refractivity (Wildman–Crippen MR) is 98.3 cm³/mol. The van der Waals surface area contributed by atoms with Crippen molar-refractivity contribution in [2.24, 2.45) is 11.0 Å². The highest BCUT2D eigenvalue weighted by Crippen LogP contribution is 2.29. The number of sulfone groups is 1. The Balaban J connectivity index is 2.44. The number of ether oxygens (including phenoxy) is 1. The van der Waals surface area contributed by atoms with Crippen molar-refractivity contribution < 1.29 is 17.9 Å². The van der Waals surface area contributed by atoms with E-state index < -0.39 is 9.84 Å². The minimum atomic E-state index is -3.52. The van der Waals surface area contributed by atoms with E-state index in [4.69, 9.17) is 4.74 Å². The normalized spacial score (nSPS) is 18.4. The first-order valence-electron chi connectivity index (χ1n) is 7.85. The molecule has 25 heavy (non-hydrogen) atoms. The quantitative estimate of drug-likeness (QED) is 0.788. The summed E-state index contributed by atoms with van der Waals surface area (Å²) < 4.78 is 30.0. The summed E-state index contributed by atoms with van der Waals surface area (Å²) in [4.78, 5) is 11.5. The lowest BCUT2D eigenvalue weighted by Crippen LogP contribution is -2.30. The van der Waals surface area contributed by atoms with Crippen molar-refractivity contribution in [2.45, 2.75) is 25.2 Å². The summed E-state index contributed by atoms with van der Waals surface area (Å²) in [7, 11) is -2.08. The lowest BCUT2D eigenvalue weighted by Gasteiger charge is -2.17. The first kappa shape index (κ1) is 18.9. The van der Waals surface area contributed by atoms with E-state index in [1.54, 1.807) is 18.2 Å². The van der Waals surface area contributed by atoms with Crippen LogP contribution in [0.3, 0.4) is 0 Å². The van der Waals surface area contributed by atoms with Gasteiger partial charge in [0.25, 0.3) is 0 Å². The van der Waals surface area contributed by atoms with E-state index in [1.165, 1.54) is 13.2 Å². The zero-order valence-electron chi connectivity index (χ0n) is 14.6. The molecule has 0 bridgehead atoms. The fourth-order valence-corrected chi connectivity index (χ4v) is 3.81. The average Bonchev–Trinajstić information content (AvgIpc) is 2.56. The summed E-state index contributed by atoms with van der Waals surface area (Å²) >= 11 is 0. The molecule has 0 spiro atoms. The number of methoxy groups -OCH3 is 1. The second kappa shape index (κ2) is 7.65. The van der Waals surface area contributed by atoms with Gasteiger partial charge < -0.3 is 4.74 Å². The maximum absolute atomic E-state index is 12.4. The summed E-state index contributed by atoms with van der Waals surface area (Å²) in [5, 5.41) is 4.08. The number of carbonyl (C=O) groups excluding carboxylic acids is 1. The van der Waals surface area contributed by atoms with Gasteiger partial charge >= 0.3 is 0 Å². The van der Waals surface area contributed by atoms with E-state index >= 15 is 0 Å². The number of carbonyl (C=O) groups is 1. The number of allylic oxidation sites excluding steroid dienone is 2. The van der Waals surface area contributed by atoms with Crippen molar-refractivity contribution in [3.63, 3.8) is 0 Å². The van der Waals surface area contributed by atoms with Crippen LogP contribution in [0.2, 0.25) is 0 Å². The van der Waals surface area contributed by atoms with Gasteiger partial charge in [0.15, 0.2) is 9.84 Å². The van der Waals surface area contributed by atoms with Crippen LogP contribution in [0.15, 0.2) is 46.9 Å². The van der Waals surface area contributed by atoms with E-state index in [9.17, 15) is 13.2 Å². The molecular formula is C18H22N2O4S. The summed E-state index contributed by atoms with van der Waals surface area (Å²) in [6, 6.07) is 5.02. The van der Waals surface area contributed by atoms with Crippen LogP contribution in [-0.2, 0) is 14.6 Å². The lowest BCUT2D eigenvalue weighted by atomic mass is 9.96. The average molecular weight is 362 g/mol. The number of nitrogens with one attached hydrogen (secondary N) is 1. The Kier molecular flexibility index (Phi) is 5.79. The fourth-order valence-electron chi connectivity index (χ4n) is 2.56. The van der Waals surface area contributed by atoms with Crippen LogP contribution >= 0.6 is 0 Å². The number of amides is 1. The molecule has 2 rings (SSSR count). The fraction of sp³-hybridized carbons (Fsp3) is 0.333. The zero-order chi connectivity index (χ0) is 18.6. The van der Waals surface area contributed by atoms with Crippen LogP contribution in [0.25, 0.3) is 5.57 Å². The smallest absolute Gasteiger partial charge is 0.240 e. The van der Waals surface area contributed by atoms with Crippen molar-refractivity contribution in [2.75, 3.05) is 12.9 Å². The Morgan fingerprint density at radius 1 is 1.48 bits per heavy atom. The third kappa shape index (κ3) is 4.36. The predicted octanol–water partition coefficient (Wildman–Crippen LogP) is 2.57. The maximum atomic E-state index is 12.4. The van der Waals surface area contributed by atoms with Gasteiger partial charge in [-0.15, -0.1) is 6.58 Å². The van der Waals surface area contributed by atoms with Gasteiger partial charge in [-0.2, -0.15) is 5.10 Å². The van der Waals surface area contributed by atoms with Crippen LogP contribution in [0.1, 0.15) is 25.8 Å². The number of hydrazone groups is 1. The third-order valence-corrected chi connectivity index (χ3v) is 5.63. The van der Waals surface area contributed by atoms with Crippen molar-refractivity contribution in [3.8, 4) is 5.75 Å². The molecule has 0 aliphatic carbocycles. The van der Waals surface area contributed by atoms with E-state index in [2.05, 4.69) is 17.1 Å². The molecule has 1 aromatic rings. The highest BCUT2D eigenvalue weighted by atomic mass is 32.2. The molecule has 0 fully saturated rings. The molecule has 1 amide bonds. The second-order valence-corrected chi connectivity index (χ2v) is 7.94. The Morgan fingerprint density at radius 3 is 2.80 bits per heavy atom. The van der Waals surface area contributed by atoms with Crippen LogP contribution in [0.4, 0.5) is 0 Å². The number of benzene rings is 1. The van der Waals surface area contributed by atoms with Crippen molar-refractivity contribution in [1.29, 1.82) is 0 Å². The second-order valence-electron chi connectivity index (χ2n) is 5.94. The standard InChI is InChI=1S/C18H22N2O4S/c1-5-8-25(22,23)17-11-14(6-7-16(17)24-4)12(2)9-15-13(3)10-18(21)20-19-15/h5-7,9,11,13H,1,8,10H2,2-4H3,(H,20,21). The molecular weight excluding hydrogens is 340 g/mol. The first-order valence-corrected chi connectivity index (χ1v) is 9.50. The van der Waals surface area contributed by atoms with E-state index in [1.807, 2.05) is 19.9 Å². The SMILES string of the molecule is C=CCS(=O)(=O)c1cc(C(C)=CC2=NNC(=O)CC2C)ccc1OC. The van der Waals surface area contributed by atoms with Crippen molar-refractivity contribution in [1.82, 2.24) is 5.43 Å². The molecule has 1 atom stereocenters. The molecule has 1 heterocycles. The monoisotopic (exact) mass is 362 g/mol. The molecule has 1 aliphatic heterocycles. The van der Waals surface area contributed by atoms with E-state index in [0.29, 0.717) is 12.2 Å². The summed E-state index contributed by atoms with van der Waals surface area (Å²) in [5.74, 6) is 0.0373. The van der Waals surface area contributed by atoms with Gasteiger partial charge in [0.05, 0.1) is 18.6 Å². The van der Waals surface area contributed by atoms with Gasteiger partial charge in [0, 0.05) is 12.3 Å².